The second-order valence-corrected chi connectivity index (χ2v) is 4.43. The number of fused-ring (bicyclic) bond motifs is 2. The van der Waals surface area contributed by atoms with E-state index >= 15 is 0 Å². The number of nitrogens with one attached hydrogen (secondary N) is 1. The number of aromatic nitrogens is 2. The molecule has 86 valence electrons. The Morgan fingerprint density at radius 3 is 2.94 bits per heavy atom. The zero-order chi connectivity index (χ0) is 12.0. The summed E-state index contributed by atoms with van der Waals surface area (Å²) in [6.07, 6.45) is 0. The van der Waals surface area contributed by atoms with E-state index in [1.165, 1.54) is 5.56 Å². The highest BCUT2D eigenvalue weighted by molar-refractivity contribution is 5.62. The molecule has 1 N–H and O–H groups in total. The number of anilines is 2. The lowest BCUT2D eigenvalue weighted by Crippen LogP contribution is -2.27. The van der Waals surface area contributed by atoms with E-state index < -0.39 is 0 Å². The second kappa shape index (κ2) is 3.45. The van der Waals surface area contributed by atoms with Crippen molar-refractivity contribution in [2.24, 2.45) is 0 Å². The van der Waals surface area contributed by atoms with Crippen LogP contribution >= 0.6 is 0 Å². The molecule has 0 amide bonds. The molecule has 17 heavy (non-hydrogen) atoms. The van der Waals surface area contributed by atoms with E-state index in [4.69, 9.17) is 0 Å². The van der Waals surface area contributed by atoms with E-state index in [0.29, 0.717) is 12.5 Å². The van der Waals surface area contributed by atoms with E-state index in [9.17, 15) is 4.79 Å². The SMILES string of the molecule is Cc1ccc2c(c1)Cn1c(nc(C)cc1=O)N2. The Labute approximate surface area is 98.9 Å². The number of hydrogen-bond donors (Lipinski definition) is 1. The number of rotatable bonds is 0. The normalized spacial score (nSPS) is 12.6. The van der Waals surface area contributed by atoms with Gasteiger partial charge in [0.15, 0.2) is 0 Å². The van der Waals surface area contributed by atoms with Crippen LogP contribution < -0.4 is 10.9 Å². The molecule has 0 bridgehead atoms. The van der Waals surface area contributed by atoms with Crippen LogP contribution in [0, 0.1) is 13.8 Å². The molecular formula is C13H13N3O. The molecule has 2 heterocycles. The quantitative estimate of drug-likeness (QED) is 0.638. The predicted octanol–water partition coefficient (Wildman–Crippen LogP) is 1.97. The third kappa shape index (κ3) is 1.62. The van der Waals surface area contributed by atoms with Gasteiger partial charge in [-0.3, -0.25) is 9.36 Å². The minimum atomic E-state index is -0.00726. The fourth-order valence-corrected chi connectivity index (χ4v) is 2.13. The van der Waals surface area contributed by atoms with Gasteiger partial charge in [-0.05, 0) is 25.5 Å². The molecule has 0 saturated carbocycles. The molecule has 4 heteroatoms. The molecule has 4 nitrogen and oxygen atoms in total. The van der Waals surface area contributed by atoms with E-state index in [-0.39, 0.29) is 5.56 Å². The number of aryl methyl sites for hydroxylation is 2. The average molecular weight is 227 g/mol. The summed E-state index contributed by atoms with van der Waals surface area (Å²) in [5, 5.41) is 3.20. The Hall–Kier alpha value is -2.10. The Morgan fingerprint density at radius 1 is 1.29 bits per heavy atom. The molecule has 0 spiro atoms. The maximum atomic E-state index is 11.9. The van der Waals surface area contributed by atoms with Gasteiger partial charge in [0.05, 0.1) is 6.54 Å². The van der Waals surface area contributed by atoms with Crippen LogP contribution in [0.3, 0.4) is 0 Å². The van der Waals surface area contributed by atoms with Crippen molar-refractivity contribution in [1.29, 1.82) is 0 Å². The van der Waals surface area contributed by atoms with E-state index in [1.54, 1.807) is 10.6 Å². The van der Waals surface area contributed by atoms with Gasteiger partial charge in [0.1, 0.15) is 0 Å². The van der Waals surface area contributed by atoms with Gasteiger partial charge in [0.2, 0.25) is 5.95 Å². The van der Waals surface area contributed by atoms with Crippen molar-refractivity contribution in [2.45, 2.75) is 20.4 Å². The summed E-state index contributed by atoms with van der Waals surface area (Å²) < 4.78 is 1.66. The average Bonchev–Trinajstić information content (AvgIpc) is 2.27. The highest BCUT2D eigenvalue weighted by atomic mass is 16.1. The minimum absolute atomic E-state index is 0.00726. The standard InChI is InChI=1S/C13H13N3O/c1-8-3-4-11-10(5-8)7-16-12(17)6-9(2)14-13(16)15-11/h3-6H,7H2,1-2H3,(H,14,15). The summed E-state index contributed by atoms with van der Waals surface area (Å²) in [6, 6.07) is 7.74. The van der Waals surface area contributed by atoms with Gasteiger partial charge in [0.25, 0.3) is 5.56 Å². The fourth-order valence-electron chi connectivity index (χ4n) is 2.13. The molecule has 2 aromatic rings. The predicted molar refractivity (Wildman–Crippen MR) is 66.8 cm³/mol. The van der Waals surface area contributed by atoms with E-state index in [1.807, 2.05) is 19.9 Å². The summed E-state index contributed by atoms with van der Waals surface area (Å²) in [7, 11) is 0. The molecule has 0 saturated heterocycles. The topological polar surface area (TPSA) is 46.9 Å². The molecule has 1 aromatic carbocycles. The van der Waals surface area contributed by atoms with Crippen LogP contribution in [0.1, 0.15) is 16.8 Å². The van der Waals surface area contributed by atoms with Crippen LogP contribution in [-0.4, -0.2) is 9.55 Å². The Morgan fingerprint density at radius 2 is 2.12 bits per heavy atom. The molecule has 0 fully saturated rings. The summed E-state index contributed by atoms with van der Waals surface area (Å²) in [4.78, 5) is 16.2. The van der Waals surface area contributed by atoms with Crippen LogP contribution in [0.5, 0.6) is 0 Å². The Kier molecular flexibility index (Phi) is 2.04. The molecule has 1 aliphatic heterocycles. The van der Waals surface area contributed by atoms with Crippen LogP contribution in [0.2, 0.25) is 0 Å². The first-order valence-corrected chi connectivity index (χ1v) is 5.58. The van der Waals surface area contributed by atoms with Crippen LogP contribution in [-0.2, 0) is 6.54 Å². The van der Waals surface area contributed by atoms with Crippen molar-refractivity contribution < 1.29 is 0 Å². The smallest absolute Gasteiger partial charge is 0.255 e. The number of nitrogens with zero attached hydrogens (tertiary/aromatic N) is 2. The third-order valence-electron chi connectivity index (χ3n) is 2.97. The summed E-state index contributed by atoms with van der Waals surface area (Å²) in [5.41, 5.74) is 4.09. The van der Waals surface area contributed by atoms with Gasteiger partial charge in [-0.1, -0.05) is 17.7 Å². The Bertz CT molecular complexity index is 658. The highest BCUT2D eigenvalue weighted by Crippen LogP contribution is 2.26. The van der Waals surface area contributed by atoms with Gasteiger partial charge in [-0.25, -0.2) is 4.98 Å². The number of benzene rings is 1. The fraction of sp³-hybridized carbons (Fsp3) is 0.231. The first-order valence-electron chi connectivity index (χ1n) is 5.58. The summed E-state index contributed by atoms with van der Waals surface area (Å²) in [5.74, 6) is 0.631. The van der Waals surface area contributed by atoms with E-state index in [2.05, 4.69) is 22.4 Å². The maximum Gasteiger partial charge on any atom is 0.255 e. The molecule has 1 aliphatic rings. The van der Waals surface area contributed by atoms with Gasteiger partial charge >= 0.3 is 0 Å². The van der Waals surface area contributed by atoms with Crippen molar-refractivity contribution in [2.75, 3.05) is 5.32 Å². The van der Waals surface area contributed by atoms with E-state index in [0.717, 1.165) is 16.9 Å². The number of hydrogen-bond acceptors (Lipinski definition) is 3. The third-order valence-corrected chi connectivity index (χ3v) is 2.97. The lowest BCUT2D eigenvalue weighted by atomic mass is 10.1. The molecule has 0 atom stereocenters. The Balaban J connectivity index is 2.17. The molecule has 0 unspecified atom stereocenters. The molecule has 0 aliphatic carbocycles. The molecular weight excluding hydrogens is 214 g/mol. The van der Waals surface area contributed by atoms with Gasteiger partial charge < -0.3 is 5.32 Å². The van der Waals surface area contributed by atoms with Gasteiger partial charge in [0, 0.05) is 17.4 Å². The largest absolute Gasteiger partial charge is 0.325 e. The highest BCUT2D eigenvalue weighted by Gasteiger charge is 2.16. The first-order chi connectivity index (χ1) is 8.13. The molecule has 3 rings (SSSR count). The van der Waals surface area contributed by atoms with Crippen LogP contribution in [0.25, 0.3) is 0 Å². The lowest BCUT2D eigenvalue weighted by Gasteiger charge is -2.22. The van der Waals surface area contributed by atoms with Crippen molar-refractivity contribution in [3.63, 3.8) is 0 Å². The van der Waals surface area contributed by atoms with Crippen LogP contribution in [0.15, 0.2) is 29.1 Å². The monoisotopic (exact) mass is 227 g/mol. The van der Waals surface area contributed by atoms with Crippen molar-refractivity contribution in [3.05, 3.63) is 51.4 Å². The van der Waals surface area contributed by atoms with Crippen molar-refractivity contribution >= 4 is 11.6 Å². The zero-order valence-corrected chi connectivity index (χ0v) is 9.82. The van der Waals surface area contributed by atoms with Crippen molar-refractivity contribution in [1.82, 2.24) is 9.55 Å². The molecule has 1 aromatic heterocycles. The molecule has 0 radical (unpaired) electrons. The second-order valence-electron chi connectivity index (χ2n) is 4.43. The maximum absolute atomic E-state index is 11.9. The van der Waals surface area contributed by atoms with Gasteiger partial charge in [-0.15, -0.1) is 0 Å². The lowest BCUT2D eigenvalue weighted by molar-refractivity contribution is 0.728. The first kappa shape index (κ1) is 10.1. The minimum Gasteiger partial charge on any atom is -0.325 e. The zero-order valence-electron chi connectivity index (χ0n) is 9.82. The summed E-state index contributed by atoms with van der Waals surface area (Å²) >= 11 is 0. The van der Waals surface area contributed by atoms with Crippen molar-refractivity contribution in [3.8, 4) is 0 Å². The van der Waals surface area contributed by atoms with Gasteiger partial charge in [-0.2, -0.15) is 0 Å². The van der Waals surface area contributed by atoms with Crippen LogP contribution in [0.4, 0.5) is 11.6 Å². The summed E-state index contributed by atoms with van der Waals surface area (Å²) in [6.45, 7) is 4.46.